The number of ether oxygens (including phenoxy) is 1. The molecule has 120 valence electrons. The van der Waals surface area contributed by atoms with Crippen molar-refractivity contribution in [2.45, 2.75) is 46.5 Å². The molecular weight excluding hydrogens is 292 g/mol. The van der Waals surface area contributed by atoms with Crippen LogP contribution in [0.3, 0.4) is 0 Å². The molecule has 0 N–H and O–H groups in total. The van der Waals surface area contributed by atoms with Gasteiger partial charge in [-0.2, -0.15) is 0 Å². The fourth-order valence-electron chi connectivity index (χ4n) is 4.59. The van der Waals surface area contributed by atoms with Crippen LogP contribution in [0.1, 0.15) is 49.7 Å². The van der Waals surface area contributed by atoms with Gasteiger partial charge in [-0.15, -0.1) is 0 Å². The smallest absolute Gasteiger partial charge is 0.347 e. The van der Waals surface area contributed by atoms with E-state index in [0.29, 0.717) is 23.0 Å². The van der Waals surface area contributed by atoms with E-state index in [1.165, 1.54) is 5.57 Å². The summed E-state index contributed by atoms with van der Waals surface area (Å²) in [5.41, 5.74) is 3.84. The number of rotatable bonds is 1. The molecule has 3 aliphatic rings. The van der Waals surface area contributed by atoms with Crippen molar-refractivity contribution in [3.63, 3.8) is 0 Å². The van der Waals surface area contributed by atoms with E-state index in [0.717, 1.165) is 48.3 Å². The van der Waals surface area contributed by atoms with Crippen LogP contribution in [0, 0.1) is 25.7 Å². The van der Waals surface area contributed by atoms with Crippen LogP contribution in [0.5, 0.6) is 0 Å². The first-order valence-corrected chi connectivity index (χ1v) is 8.26. The zero-order chi connectivity index (χ0) is 16.3. The van der Waals surface area contributed by atoms with Crippen LogP contribution < -0.4 is 0 Å². The Kier molecular flexibility index (Phi) is 3.12. The summed E-state index contributed by atoms with van der Waals surface area (Å²) < 4.78 is 10.6. The Balaban J connectivity index is 1.94. The number of furan rings is 1. The van der Waals surface area contributed by atoms with Gasteiger partial charge in [-0.3, -0.25) is 0 Å². The van der Waals surface area contributed by atoms with Crippen molar-refractivity contribution in [3.8, 4) is 0 Å². The summed E-state index contributed by atoms with van der Waals surface area (Å²) in [6.45, 7) is 5.63. The molecule has 3 fully saturated rings. The number of hydrogen-bond acceptors (Lipinski definition) is 4. The second kappa shape index (κ2) is 4.95. The SMILES string of the molecule is C/C(=C1/C(=O)OC(=O)C1=C1C2CCC1CC2)c1cc(C)oc1C. The molecule has 23 heavy (non-hydrogen) atoms. The molecule has 1 saturated heterocycles. The Morgan fingerprint density at radius 2 is 1.65 bits per heavy atom. The van der Waals surface area contributed by atoms with Gasteiger partial charge in [0.25, 0.3) is 0 Å². The normalized spacial score (nSPS) is 28.8. The minimum atomic E-state index is -0.514. The number of cyclic esters (lactones) is 2. The predicted molar refractivity (Wildman–Crippen MR) is 84.3 cm³/mol. The van der Waals surface area contributed by atoms with Crippen LogP contribution in [0.2, 0.25) is 0 Å². The highest BCUT2D eigenvalue weighted by Crippen LogP contribution is 2.52. The quantitative estimate of drug-likeness (QED) is 0.449. The summed E-state index contributed by atoms with van der Waals surface area (Å²) in [5.74, 6) is 1.48. The van der Waals surface area contributed by atoms with Gasteiger partial charge in [-0.25, -0.2) is 9.59 Å². The molecule has 0 unspecified atom stereocenters. The second-order valence-electron chi connectivity index (χ2n) is 6.88. The maximum absolute atomic E-state index is 12.4. The minimum Gasteiger partial charge on any atom is -0.466 e. The van der Waals surface area contributed by atoms with Gasteiger partial charge in [0.2, 0.25) is 0 Å². The molecule has 0 atom stereocenters. The summed E-state index contributed by atoms with van der Waals surface area (Å²) in [6, 6.07) is 1.92. The van der Waals surface area contributed by atoms with Crippen LogP contribution in [0.15, 0.2) is 27.2 Å². The topological polar surface area (TPSA) is 56.5 Å². The Morgan fingerprint density at radius 3 is 2.17 bits per heavy atom. The minimum absolute atomic E-state index is 0.448. The average Bonchev–Trinajstić information content (AvgIpc) is 3.22. The third kappa shape index (κ3) is 2.04. The van der Waals surface area contributed by atoms with Gasteiger partial charge in [0.1, 0.15) is 11.5 Å². The van der Waals surface area contributed by atoms with E-state index >= 15 is 0 Å². The van der Waals surface area contributed by atoms with Gasteiger partial charge in [0.15, 0.2) is 0 Å². The van der Waals surface area contributed by atoms with Gasteiger partial charge in [-0.1, -0.05) is 0 Å². The van der Waals surface area contributed by atoms with Crippen LogP contribution >= 0.6 is 0 Å². The highest BCUT2D eigenvalue weighted by atomic mass is 16.6. The lowest BCUT2D eigenvalue weighted by Crippen LogP contribution is -2.05. The second-order valence-corrected chi connectivity index (χ2v) is 6.88. The zero-order valence-corrected chi connectivity index (χ0v) is 13.7. The molecule has 1 aromatic rings. The third-order valence-corrected chi connectivity index (χ3v) is 5.56. The Morgan fingerprint density at radius 1 is 1.04 bits per heavy atom. The van der Waals surface area contributed by atoms with Gasteiger partial charge < -0.3 is 9.15 Å². The van der Waals surface area contributed by atoms with Crippen LogP contribution in [-0.2, 0) is 14.3 Å². The Labute approximate surface area is 135 Å². The fourth-order valence-corrected chi connectivity index (χ4v) is 4.59. The number of allylic oxidation sites excluding steroid dienone is 2. The first-order valence-electron chi connectivity index (χ1n) is 8.26. The molecule has 2 bridgehead atoms. The third-order valence-electron chi connectivity index (χ3n) is 5.56. The van der Waals surface area contributed by atoms with Crippen LogP contribution in [-0.4, -0.2) is 11.9 Å². The summed E-state index contributed by atoms with van der Waals surface area (Å²) in [4.78, 5) is 24.7. The van der Waals surface area contributed by atoms with Crippen molar-refractivity contribution < 1.29 is 18.7 Å². The van der Waals surface area contributed by atoms with Gasteiger partial charge in [-0.05, 0) is 75.5 Å². The van der Waals surface area contributed by atoms with Crippen molar-refractivity contribution in [2.24, 2.45) is 11.8 Å². The number of aryl methyl sites for hydroxylation is 2. The van der Waals surface area contributed by atoms with Gasteiger partial charge >= 0.3 is 11.9 Å². The van der Waals surface area contributed by atoms with Crippen molar-refractivity contribution in [3.05, 3.63) is 39.9 Å². The molecule has 2 aliphatic carbocycles. The van der Waals surface area contributed by atoms with E-state index in [1.54, 1.807) is 0 Å². The zero-order valence-electron chi connectivity index (χ0n) is 13.7. The molecule has 0 aromatic carbocycles. The first kappa shape index (κ1) is 14.5. The molecule has 0 spiro atoms. The summed E-state index contributed by atoms with van der Waals surface area (Å²) in [7, 11) is 0. The number of carbonyl (C=O) groups excluding carboxylic acids is 2. The summed E-state index contributed by atoms with van der Waals surface area (Å²) >= 11 is 0. The van der Waals surface area contributed by atoms with E-state index < -0.39 is 11.9 Å². The predicted octanol–water partition coefficient (Wildman–Crippen LogP) is 3.87. The summed E-state index contributed by atoms with van der Waals surface area (Å²) in [6.07, 6.45) is 4.50. The molecule has 1 aromatic heterocycles. The monoisotopic (exact) mass is 312 g/mol. The van der Waals surface area contributed by atoms with Crippen molar-refractivity contribution in [1.29, 1.82) is 0 Å². The Hall–Kier alpha value is -2.10. The summed E-state index contributed by atoms with van der Waals surface area (Å²) in [5, 5.41) is 0. The van der Waals surface area contributed by atoms with Crippen molar-refractivity contribution in [1.82, 2.24) is 0 Å². The van der Waals surface area contributed by atoms with Crippen LogP contribution in [0.25, 0.3) is 5.57 Å². The number of carbonyl (C=O) groups is 2. The van der Waals surface area contributed by atoms with E-state index in [2.05, 4.69) is 0 Å². The first-order chi connectivity index (χ1) is 11.0. The largest absolute Gasteiger partial charge is 0.466 e. The number of fused-ring (bicyclic) bond motifs is 2. The fraction of sp³-hybridized carbons (Fsp3) is 0.474. The molecule has 4 rings (SSSR count). The molecule has 0 radical (unpaired) electrons. The van der Waals surface area contributed by atoms with Crippen molar-refractivity contribution >= 4 is 17.5 Å². The number of esters is 2. The highest BCUT2D eigenvalue weighted by Gasteiger charge is 2.46. The van der Waals surface area contributed by atoms with E-state index in [1.807, 2.05) is 26.8 Å². The van der Waals surface area contributed by atoms with Crippen LogP contribution in [0.4, 0.5) is 0 Å². The molecule has 0 amide bonds. The average molecular weight is 312 g/mol. The maximum atomic E-state index is 12.4. The number of hydrogen-bond donors (Lipinski definition) is 0. The van der Waals surface area contributed by atoms with E-state index in [4.69, 9.17) is 9.15 Å². The maximum Gasteiger partial charge on any atom is 0.347 e. The van der Waals surface area contributed by atoms with E-state index in [9.17, 15) is 9.59 Å². The molecule has 2 heterocycles. The molecule has 4 heteroatoms. The van der Waals surface area contributed by atoms with Crippen molar-refractivity contribution in [2.75, 3.05) is 0 Å². The van der Waals surface area contributed by atoms with Gasteiger partial charge in [0.05, 0.1) is 11.1 Å². The molecule has 2 saturated carbocycles. The standard InChI is InChI=1S/C19H20O4/c1-9-8-14(11(3)22-9)10(2)15-17(19(21)23-18(15)20)16-12-4-5-13(16)7-6-12/h8,12-13H,4-7H2,1-3H3/b15-10-,17-16?. The lowest BCUT2D eigenvalue weighted by Gasteiger charge is -2.09. The molecular formula is C19H20O4. The highest BCUT2D eigenvalue weighted by molar-refractivity contribution is 6.22. The lowest BCUT2D eigenvalue weighted by molar-refractivity contribution is -0.149. The molecule has 4 nitrogen and oxygen atoms in total. The molecule has 1 aliphatic heterocycles. The van der Waals surface area contributed by atoms with E-state index in [-0.39, 0.29) is 0 Å². The van der Waals surface area contributed by atoms with Gasteiger partial charge in [0, 0.05) is 5.56 Å². The Bertz CT molecular complexity index is 768. The lowest BCUT2D eigenvalue weighted by atomic mass is 9.90.